The van der Waals surface area contributed by atoms with Gasteiger partial charge in [-0.05, 0) is 49.2 Å². The smallest absolute Gasteiger partial charge is 0.258 e. The van der Waals surface area contributed by atoms with Gasteiger partial charge in [0.1, 0.15) is 5.82 Å². The summed E-state index contributed by atoms with van der Waals surface area (Å²) in [7, 11) is 0. The van der Waals surface area contributed by atoms with Crippen molar-refractivity contribution in [1.82, 2.24) is 4.90 Å². The zero-order valence-corrected chi connectivity index (χ0v) is 14.0. The minimum atomic E-state index is -0.562. The maximum Gasteiger partial charge on any atom is 0.258 e. The van der Waals surface area contributed by atoms with Gasteiger partial charge in [0, 0.05) is 24.3 Å². The van der Waals surface area contributed by atoms with E-state index in [1.165, 1.54) is 31.0 Å². The topological polar surface area (TPSA) is 49.4 Å². The Balaban J connectivity index is 1.66. The first-order valence-electron chi connectivity index (χ1n) is 8.60. The van der Waals surface area contributed by atoms with Crippen LogP contribution < -0.4 is 5.32 Å². The third-order valence-electron chi connectivity index (χ3n) is 4.40. The number of nitrogens with one attached hydrogen (secondary N) is 1. The zero-order valence-electron chi connectivity index (χ0n) is 14.0. The molecule has 0 atom stereocenters. The van der Waals surface area contributed by atoms with Crippen LogP contribution in [-0.4, -0.2) is 29.8 Å². The standard InChI is InChI=1S/C20H21FN2O2/c21-18-8-4-3-7-17(18)19(24)22-16-11-9-15(10-12-16)20(25)23-13-5-1-2-6-14-23/h3-4,7-12H,1-2,5-6,13-14H2,(H,22,24). The molecule has 25 heavy (non-hydrogen) atoms. The molecule has 0 saturated carbocycles. The number of amides is 2. The van der Waals surface area contributed by atoms with E-state index >= 15 is 0 Å². The van der Waals surface area contributed by atoms with Crippen LogP contribution in [-0.2, 0) is 0 Å². The van der Waals surface area contributed by atoms with Crippen molar-refractivity contribution in [3.8, 4) is 0 Å². The minimum absolute atomic E-state index is 0.00720. The van der Waals surface area contributed by atoms with Gasteiger partial charge in [0.05, 0.1) is 5.56 Å². The zero-order chi connectivity index (χ0) is 17.6. The van der Waals surface area contributed by atoms with Crippen LogP contribution in [0.1, 0.15) is 46.4 Å². The van der Waals surface area contributed by atoms with E-state index in [2.05, 4.69) is 5.32 Å². The molecule has 1 aliphatic heterocycles. The quantitative estimate of drug-likeness (QED) is 0.915. The summed E-state index contributed by atoms with van der Waals surface area (Å²) in [6, 6.07) is 12.6. The van der Waals surface area contributed by atoms with Gasteiger partial charge in [0.15, 0.2) is 0 Å². The van der Waals surface area contributed by atoms with Gasteiger partial charge in [-0.1, -0.05) is 25.0 Å². The number of benzene rings is 2. The Kier molecular flexibility index (Phi) is 5.43. The molecule has 0 aliphatic carbocycles. The summed E-state index contributed by atoms with van der Waals surface area (Å²) in [6.07, 6.45) is 4.43. The monoisotopic (exact) mass is 340 g/mol. The number of nitrogens with zero attached hydrogens (tertiary/aromatic N) is 1. The first-order valence-corrected chi connectivity index (χ1v) is 8.60. The van der Waals surface area contributed by atoms with Crippen molar-refractivity contribution in [2.45, 2.75) is 25.7 Å². The molecule has 1 N–H and O–H groups in total. The lowest BCUT2D eigenvalue weighted by Gasteiger charge is -2.20. The van der Waals surface area contributed by atoms with E-state index < -0.39 is 11.7 Å². The van der Waals surface area contributed by atoms with Crippen LogP contribution in [0, 0.1) is 5.82 Å². The van der Waals surface area contributed by atoms with Crippen LogP contribution in [0.25, 0.3) is 0 Å². The highest BCUT2D eigenvalue weighted by Crippen LogP contribution is 2.17. The Hall–Kier alpha value is -2.69. The first-order chi connectivity index (χ1) is 12.1. The Bertz CT molecular complexity index is 751. The van der Waals surface area contributed by atoms with Crippen molar-refractivity contribution < 1.29 is 14.0 Å². The highest BCUT2D eigenvalue weighted by atomic mass is 19.1. The van der Waals surface area contributed by atoms with Gasteiger partial charge in [-0.3, -0.25) is 9.59 Å². The van der Waals surface area contributed by atoms with Crippen LogP contribution in [0.5, 0.6) is 0 Å². The molecule has 2 amide bonds. The molecule has 0 aromatic heterocycles. The second-order valence-electron chi connectivity index (χ2n) is 6.22. The third kappa shape index (κ3) is 4.24. The lowest BCUT2D eigenvalue weighted by molar-refractivity contribution is 0.0761. The highest BCUT2D eigenvalue weighted by Gasteiger charge is 2.17. The SMILES string of the molecule is O=C(Nc1ccc(C(=O)N2CCCCCC2)cc1)c1ccccc1F. The van der Waals surface area contributed by atoms with Crippen LogP contribution >= 0.6 is 0 Å². The summed E-state index contributed by atoms with van der Waals surface area (Å²) < 4.78 is 13.6. The van der Waals surface area contributed by atoms with Crippen molar-refractivity contribution in [2.75, 3.05) is 18.4 Å². The van der Waals surface area contributed by atoms with Crippen molar-refractivity contribution >= 4 is 17.5 Å². The van der Waals surface area contributed by atoms with E-state index in [9.17, 15) is 14.0 Å². The molecule has 3 rings (SSSR count). The van der Waals surface area contributed by atoms with E-state index in [0.29, 0.717) is 11.3 Å². The van der Waals surface area contributed by atoms with Gasteiger partial charge >= 0.3 is 0 Å². The Labute approximate surface area is 146 Å². The first kappa shape index (κ1) is 17.1. The lowest BCUT2D eigenvalue weighted by atomic mass is 10.1. The number of halogens is 1. The van der Waals surface area contributed by atoms with Gasteiger partial charge in [-0.25, -0.2) is 4.39 Å². The Morgan fingerprint density at radius 3 is 2.16 bits per heavy atom. The molecule has 0 bridgehead atoms. The minimum Gasteiger partial charge on any atom is -0.339 e. The molecule has 5 heteroatoms. The van der Waals surface area contributed by atoms with Gasteiger partial charge in [-0.15, -0.1) is 0 Å². The van der Waals surface area contributed by atoms with E-state index in [0.717, 1.165) is 25.9 Å². The normalized spacial score (nSPS) is 14.7. The van der Waals surface area contributed by atoms with Gasteiger partial charge in [0.25, 0.3) is 11.8 Å². The Morgan fingerprint density at radius 2 is 1.52 bits per heavy atom. The molecular weight excluding hydrogens is 319 g/mol. The number of anilines is 1. The average molecular weight is 340 g/mol. The third-order valence-corrected chi connectivity index (χ3v) is 4.40. The second-order valence-corrected chi connectivity index (χ2v) is 6.22. The van der Waals surface area contributed by atoms with Crippen molar-refractivity contribution in [1.29, 1.82) is 0 Å². The predicted octanol–water partition coefficient (Wildman–Crippen LogP) is 4.09. The Morgan fingerprint density at radius 1 is 0.880 bits per heavy atom. The van der Waals surface area contributed by atoms with E-state index in [-0.39, 0.29) is 11.5 Å². The fraction of sp³-hybridized carbons (Fsp3) is 0.300. The van der Waals surface area contributed by atoms with Crippen LogP contribution in [0.2, 0.25) is 0 Å². The molecule has 1 heterocycles. The summed E-state index contributed by atoms with van der Waals surface area (Å²) in [5, 5.41) is 2.65. The number of likely N-dealkylation sites (tertiary alicyclic amines) is 1. The molecule has 1 fully saturated rings. The fourth-order valence-electron chi connectivity index (χ4n) is 3.00. The molecular formula is C20H21FN2O2. The average Bonchev–Trinajstić information content (AvgIpc) is 2.91. The predicted molar refractivity (Wildman–Crippen MR) is 95.2 cm³/mol. The van der Waals surface area contributed by atoms with Crippen LogP contribution in [0.4, 0.5) is 10.1 Å². The van der Waals surface area contributed by atoms with Crippen LogP contribution in [0.15, 0.2) is 48.5 Å². The number of hydrogen-bond acceptors (Lipinski definition) is 2. The van der Waals surface area contributed by atoms with Crippen molar-refractivity contribution in [3.63, 3.8) is 0 Å². The van der Waals surface area contributed by atoms with Crippen molar-refractivity contribution in [2.24, 2.45) is 0 Å². The van der Waals surface area contributed by atoms with E-state index in [4.69, 9.17) is 0 Å². The second kappa shape index (κ2) is 7.92. The maximum atomic E-state index is 13.6. The molecule has 0 radical (unpaired) electrons. The molecule has 0 unspecified atom stereocenters. The summed E-state index contributed by atoms with van der Waals surface area (Å²) in [5.74, 6) is -1.05. The van der Waals surface area contributed by atoms with Gasteiger partial charge in [0.2, 0.25) is 0 Å². The molecule has 4 nitrogen and oxygen atoms in total. The summed E-state index contributed by atoms with van der Waals surface area (Å²) in [6.45, 7) is 1.59. The molecule has 2 aromatic carbocycles. The molecule has 0 spiro atoms. The van der Waals surface area contributed by atoms with Gasteiger partial charge < -0.3 is 10.2 Å². The molecule has 130 valence electrons. The number of rotatable bonds is 3. The number of hydrogen-bond donors (Lipinski definition) is 1. The van der Waals surface area contributed by atoms with E-state index in [1.54, 1.807) is 30.3 Å². The highest BCUT2D eigenvalue weighted by molar-refractivity contribution is 6.04. The summed E-state index contributed by atoms with van der Waals surface area (Å²) >= 11 is 0. The maximum absolute atomic E-state index is 13.6. The number of carbonyl (C=O) groups is 2. The molecule has 1 aliphatic rings. The van der Waals surface area contributed by atoms with Gasteiger partial charge in [-0.2, -0.15) is 0 Å². The number of carbonyl (C=O) groups excluding carboxylic acids is 2. The largest absolute Gasteiger partial charge is 0.339 e. The van der Waals surface area contributed by atoms with Crippen LogP contribution in [0.3, 0.4) is 0 Å². The fourth-order valence-corrected chi connectivity index (χ4v) is 3.00. The lowest BCUT2D eigenvalue weighted by Crippen LogP contribution is -2.31. The summed E-state index contributed by atoms with van der Waals surface area (Å²) in [4.78, 5) is 26.5. The van der Waals surface area contributed by atoms with Crippen molar-refractivity contribution in [3.05, 3.63) is 65.5 Å². The van der Waals surface area contributed by atoms with E-state index in [1.807, 2.05) is 4.90 Å². The molecule has 2 aromatic rings. The molecule has 1 saturated heterocycles. The summed E-state index contributed by atoms with van der Waals surface area (Å²) in [5.41, 5.74) is 1.12.